The van der Waals surface area contributed by atoms with E-state index in [-0.39, 0.29) is 6.03 Å². The van der Waals surface area contributed by atoms with Crippen molar-refractivity contribution in [1.82, 2.24) is 10.2 Å². The molecule has 0 bridgehead atoms. The van der Waals surface area contributed by atoms with Gasteiger partial charge in [-0.05, 0) is 50.8 Å². The highest BCUT2D eigenvalue weighted by Crippen LogP contribution is 2.24. The SMILES string of the molecule is C=C(C)c1cccc(C(C)(C)NC(=O)N2CCCCCC2)c1. The Kier molecular flexibility index (Phi) is 5.28. The van der Waals surface area contributed by atoms with Crippen LogP contribution in [0.4, 0.5) is 4.79 Å². The van der Waals surface area contributed by atoms with E-state index < -0.39 is 5.54 Å². The molecule has 0 saturated carbocycles. The van der Waals surface area contributed by atoms with Gasteiger partial charge >= 0.3 is 6.03 Å². The highest BCUT2D eigenvalue weighted by Gasteiger charge is 2.26. The van der Waals surface area contributed by atoms with Crippen LogP contribution in [0.1, 0.15) is 57.6 Å². The average molecular weight is 300 g/mol. The molecule has 1 N–H and O–H groups in total. The Morgan fingerprint density at radius 3 is 2.41 bits per heavy atom. The van der Waals surface area contributed by atoms with Gasteiger partial charge in [0.15, 0.2) is 0 Å². The van der Waals surface area contributed by atoms with Crippen molar-refractivity contribution in [1.29, 1.82) is 0 Å². The Morgan fingerprint density at radius 1 is 1.18 bits per heavy atom. The molecule has 3 heteroatoms. The zero-order chi connectivity index (χ0) is 16.2. The van der Waals surface area contributed by atoms with Crippen molar-refractivity contribution in [2.45, 2.75) is 52.0 Å². The summed E-state index contributed by atoms with van der Waals surface area (Å²) in [5, 5.41) is 3.19. The number of rotatable bonds is 3. The number of carbonyl (C=O) groups excluding carboxylic acids is 1. The number of benzene rings is 1. The minimum Gasteiger partial charge on any atom is -0.329 e. The van der Waals surface area contributed by atoms with Crippen molar-refractivity contribution in [2.75, 3.05) is 13.1 Å². The predicted molar refractivity (Wildman–Crippen MR) is 92.7 cm³/mol. The van der Waals surface area contributed by atoms with Crippen LogP contribution in [0, 0.1) is 0 Å². The summed E-state index contributed by atoms with van der Waals surface area (Å²) in [6.45, 7) is 11.8. The maximum absolute atomic E-state index is 12.6. The highest BCUT2D eigenvalue weighted by molar-refractivity contribution is 5.75. The van der Waals surface area contributed by atoms with E-state index in [1.165, 1.54) is 12.8 Å². The molecule has 1 fully saturated rings. The van der Waals surface area contributed by atoms with Gasteiger partial charge in [-0.1, -0.05) is 43.2 Å². The van der Waals surface area contributed by atoms with Gasteiger partial charge in [-0.2, -0.15) is 0 Å². The maximum atomic E-state index is 12.6. The first-order valence-corrected chi connectivity index (χ1v) is 8.24. The van der Waals surface area contributed by atoms with Gasteiger partial charge in [-0.15, -0.1) is 0 Å². The van der Waals surface area contributed by atoms with Crippen LogP contribution < -0.4 is 5.32 Å². The predicted octanol–water partition coefficient (Wildman–Crippen LogP) is 4.54. The molecule has 1 aliphatic rings. The Hall–Kier alpha value is -1.77. The van der Waals surface area contributed by atoms with Crippen LogP contribution in [-0.4, -0.2) is 24.0 Å². The van der Waals surface area contributed by atoms with Crippen LogP contribution >= 0.6 is 0 Å². The van der Waals surface area contributed by atoms with E-state index in [1.54, 1.807) is 0 Å². The van der Waals surface area contributed by atoms with E-state index in [1.807, 2.05) is 17.9 Å². The molecule has 1 aromatic carbocycles. The number of likely N-dealkylation sites (tertiary alicyclic amines) is 1. The number of hydrogen-bond donors (Lipinski definition) is 1. The van der Waals surface area contributed by atoms with Gasteiger partial charge in [0, 0.05) is 13.1 Å². The smallest absolute Gasteiger partial charge is 0.318 e. The van der Waals surface area contributed by atoms with Gasteiger partial charge in [0.25, 0.3) is 0 Å². The second-order valence-electron chi connectivity index (χ2n) is 6.82. The summed E-state index contributed by atoms with van der Waals surface area (Å²) in [6.07, 6.45) is 4.68. The third-order valence-electron chi connectivity index (χ3n) is 4.39. The van der Waals surface area contributed by atoms with Crippen molar-refractivity contribution in [3.63, 3.8) is 0 Å². The Balaban J connectivity index is 2.10. The summed E-state index contributed by atoms with van der Waals surface area (Å²) in [7, 11) is 0. The summed E-state index contributed by atoms with van der Waals surface area (Å²) >= 11 is 0. The van der Waals surface area contributed by atoms with Gasteiger partial charge in [-0.3, -0.25) is 0 Å². The number of nitrogens with zero attached hydrogens (tertiary/aromatic N) is 1. The molecule has 0 radical (unpaired) electrons. The number of allylic oxidation sites excluding steroid dienone is 1. The summed E-state index contributed by atoms with van der Waals surface area (Å²) in [5.41, 5.74) is 2.87. The van der Waals surface area contributed by atoms with E-state index in [0.717, 1.165) is 42.6 Å². The van der Waals surface area contributed by atoms with Crippen molar-refractivity contribution < 1.29 is 4.79 Å². The minimum atomic E-state index is -0.394. The largest absolute Gasteiger partial charge is 0.329 e. The van der Waals surface area contributed by atoms with Gasteiger partial charge in [0.2, 0.25) is 0 Å². The second kappa shape index (κ2) is 6.99. The van der Waals surface area contributed by atoms with Gasteiger partial charge in [-0.25, -0.2) is 4.79 Å². The second-order valence-corrected chi connectivity index (χ2v) is 6.82. The summed E-state index contributed by atoms with van der Waals surface area (Å²) in [5.74, 6) is 0. The van der Waals surface area contributed by atoms with Crippen molar-refractivity contribution in [3.8, 4) is 0 Å². The molecule has 0 spiro atoms. The van der Waals surface area contributed by atoms with Gasteiger partial charge < -0.3 is 10.2 Å². The molecule has 1 heterocycles. The van der Waals surface area contributed by atoms with E-state index in [9.17, 15) is 4.79 Å². The molecule has 0 aliphatic carbocycles. The normalized spacial score (nSPS) is 16.0. The molecule has 1 aliphatic heterocycles. The monoisotopic (exact) mass is 300 g/mol. The van der Waals surface area contributed by atoms with Crippen LogP contribution in [0.3, 0.4) is 0 Å². The summed E-state index contributed by atoms with van der Waals surface area (Å²) in [6, 6.07) is 8.31. The molecule has 2 rings (SSSR count). The van der Waals surface area contributed by atoms with Crippen molar-refractivity contribution >= 4 is 11.6 Å². The highest BCUT2D eigenvalue weighted by atomic mass is 16.2. The quantitative estimate of drug-likeness (QED) is 0.873. The molecule has 0 atom stereocenters. The molecule has 2 amide bonds. The number of nitrogens with one attached hydrogen (secondary N) is 1. The molecular weight excluding hydrogens is 272 g/mol. The fourth-order valence-corrected chi connectivity index (χ4v) is 2.87. The van der Waals surface area contributed by atoms with E-state index in [4.69, 9.17) is 0 Å². The lowest BCUT2D eigenvalue weighted by atomic mass is 9.92. The Morgan fingerprint density at radius 2 is 1.82 bits per heavy atom. The zero-order valence-corrected chi connectivity index (χ0v) is 14.1. The first-order chi connectivity index (χ1) is 10.4. The molecule has 1 aromatic rings. The number of carbonyl (C=O) groups is 1. The van der Waals surface area contributed by atoms with Crippen LogP contribution in [0.2, 0.25) is 0 Å². The third-order valence-corrected chi connectivity index (χ3v) is 4.39. The summed E-state index contributed by atoms with van der Waals surface area (Å²) in [4.78, 5) is 14.5. The lowest BCUT2D eigenvalue weighted by Gasteiger charge is -2.31. The van der Waals surface area contributed by atoms with Crippen LogP contribution in [0.25, 0.3) is 5.57 Å². The van der Waals surface area contributed by atoms with Crippen LogP contribution in [0.15, 0.2) is 30.8 Å². The lowest BCUT2D eigenvalue weighted by Crippen LogP contribution is -2.48. The molecule has 3 nitrogen and oxygen atoms in total. The minimum absolute atomic E-state index is 0.0487. The van der Waals surface area contributed by atoms with Gasteiger partial charge in [0.05, 0.1) is 5.54 Å². The van der Waals surface area contributed by atoms with Crippen LogP contribution in [-0.2, 0) is 5.54 Å². The maximum Gasteiger partial charge on any atom is 0.318 e. The first-order valence-electron chi connectivity index (χ1n) is 8.24. The molecule has 120 valence electrons. The number of amides is 2. The number of urea groups is 1. The van der Waals surface area contributed by atoms with E-state index in [2.05, 4.69) is 43.9 Å². The Labute approximate surface area is 134 Å². The van der Waals surface area contributed by atoms with Gasteiger partial charge in [0.1, 0.15) is 0 Å². The lowest BCUT2D eigenvalue weighted by molar-refractivity contribution is 0.188. The average Bonchev–Trinajstić information content (AvgIpc) is 2.76. The fraction of sp³-hybridized carbons (Fsp3) is 0.526. The van der Waals surface area contributed by atoms with Crippen molar-refractivity contribution in [2.24, 2.45) is 0 Å². The van der Waals surface area contributed by atoms with Crippen molar-refractivity contribution in [3.05, 3.63) is 42.0 Å². The topological polar surface area (TPSA) is 32.3 Å². The number of hydrogen-bond acceptors (Lipinski definition) is 1. The van der Waals surface area contributed by atoms with Crippen LogP contribution in [0.5, 0.6) is 0 Å². The molecule has 0 aromatic heterocycles. The fourth-order valence-electron chi connectivity index (χ4n) is 2.87. The van der Waals surface area contributed by atoms with E-state index >= 15 is 0 Å². The van der Waals surface area contributed by atoms with E-state index in [0.29, 0.717) is 0 Å². The Bertz CT molecular complexity index is 540. The zero-order valence-electron chi connectivity index (χ0n) is 14.1. The molecular formula is C19H28N2O. The molecule has 1 saturated heterocycles. The third kappa shape index (κ3) is 4.12. The summed E-state index contributed by atoms with van der Waals surface area (Å²) < 4.78 is 0. The molecule has 22 heavy (non-hydrogen) atoms. The molecule has 0 unspecified atom stereocenters. The first kappa shape index (κ1) is 16.6. The standard InChI is InChI=1S/C19H28N2O/c1-15(2)16-10-9-11-17(14-16)19(3,4)20-18(22)21-12-7-5-6-8-13-21/h9-11,14H,1,5-8,12-13H2,2-4H3,(H,20,22).